The second-order valence-electron chi connectivity index (χ2n) is 6.12. The van der Waals surface area contributed by atoms with Gasteiger partial charge in [0.2, 0.25) is 0 Å². The lowest BCUT2D eigenvalue weighted by atomic mass is 10.1. The summed E-state index contributed by atoms with van der Waals surface area (Å²) in [4.78, 5) is 12.2. The summed E-state index contributed by atoms with van der Waals surface area (Å²) >= 11 is 2.01. The molecular weight excluding hydrogens is 308 g/mol. The van der Waals surface area contributed by atoms with Crippen LogP contribution in [0.2, 0.25) is 0 Å². The van der Waals surface area contributed by atoms with Gasteiger partial charge in [0.05, 0.1) is 5.69 Å². The van der Waals surface area contributed by atoms with E-state index in [1.54, 1.807) is 0 Å². The molecule has 1 fully saturated rings. The summed E-state index contributed by atoms with van der Waals surface area (Å²) in [5.74, 6) is 1.16. The maximum atomic E-state index is 12.2. The molecule has 6 heteroatoms. The molecule has 2 unspecified atom stereocenters. The lowest BCUT2D eigenvalue weighted by Gasteiger charge is -2.14. The molecule has 2 N–H and O–H groups in total. The molecule has 1 aromatic heterocycles. The topological polar surface area (TPSA) is 59.0 Å². The Labute approximate surface area is 144 Å². The van der Waals surface area contributed by atoms with Crippen molar-refractivity contribution in [1.82, 2.24) is 20.4 Å². The minimum Gasteiger partial charge on any atom is -0.335 e. The van der Waals surface area contributed by atoms with Crippen molar-refractivity contribution in [3.8, 4) is 0 Å². The van der Waals surface area contributed by atoms with E-state index in [1.165, 1.54) is 17.7 Å². The van der Waals surface area contributed by atoms with Crippen molar-refractivity contribution in [1.29, 1.82) is 0 Å². The number of nitrogens with zero attached hydrogens (tertiary/aromatic N) is 2. The number of rotatable bonds is 7. The number of nitrogens with one attached hydrogen (secondary N) is 2. The minimum atomic E-state index is -0.0508. The fourth-order valence-electron chi connectivity index (χ4n) is 3.46. The molecule has 1 aromatic rings. The molecule has 2 amide bonds. The van der Waals surface area contributed by atoms with Gasteiger partial charge in [-0.25, -0.2) is 4.79 Å². The van der Waals surface area contributed by atoms with Crippen LogP contribution in [0.15, 0.2) is 0 Å². The van der Waals surface area contributed by atoms with E-state index in [4.69, 9.17) is 0 Å². The fraction of sp³-hybridized carbons (Fsp3) is 0.765. The summed E-state index contributed by atoms with van der Waals surface area (Å²) in [6.45, 7) is 6.99. The van der Waals surface area contributed by atoms with E-state index in [2.05, 4.69) is 36.5 Å². The van der Waals surface area contributed by atoms with Crippen molar-refractivity contribution in [2.45, 2.75) is 70.7 Å². The monoisotopic (exact) mass is 338 g/mol. The van der Waals surface area contributed by atoms with Crippen LogP contribution >= 0.6 is 11.8 Å². The number of carbonyl (C=O) groups excluding carboxylic acids is 1. The van der Waals surface area contributed by atoms with Crippen molar-refractivity contribution in [2.24, 2.45) is 7.05 Å². The quantitative estimate of drug-likeness (QED) is 0.803. The summed E-state index contributed by atoms with van der Waals surface area (Å²) in [6, 6.07) is 0.273. The van der Waals surface area contributed by atoms with Crippen LogP contribution in [-0.4, -0.2) is 32.9 Å². The van der Waals surface area contributed by atoms with Gasteiger partial charge in [-0.2, -0.15) is 16.9 Å². The second-order valence-corrected chi connectivity index (χ2v) is 7.69. The predicted molar refractivity (Wildman–Crippen MR) is 96.9 cm³/mol. The average molecular weight is 339 g/mol. The number of carbonyl (C=O) groups is 1. The van der Waals surface area contributed by atoms with Crippen LogP contribution in [0.4, 0.5) is 4.79 Å². The zero-order valence-electron chi connectivity index (χ0n) is 14.8. The highest BCUT2D eigenvalue weighted by Crippen LogP contribution is 2.29. The zero-order chi connectivity index (χ0) is 16.8. The summed E-state index contributed by atoms with van der Waals surface area (Å²) in [6.07, 6.45) is 5.23. The third kappa shape index (κ3) is 4.66. The molecule has 1 saturated carbocycles. The van der Waals surface area contributed by atoms with Crippen molar-refractivity contribution >= 4 is 17.8 Å². The average Bonchev–Trinajstić information content (AvgIpc) is 3.09. The number of hydrogen-bond acceptors (Lipinski definition) is 3. The Kier molecular flexibility index (Phi) is 6.81. The van der Waals surface area contributed by atoms with E-state index < -0.39 is 0 Å². The smallest absolute Gasteiger partial charge is 0.315 e. The van der Waals surface area contributed by atoms with Crippen molar-refractivity contribution < 1.29 is 4.79 Å². The first-order valence-electron chi connectivity index (χ1n) is 8.78. The van der Waals surface area contributed by atoms with E-state index in [0.29, 0.717) is 17.8 Å². The number of aryl methyl sites for hydroxylation is 2. The number of aromatic nitrogens is 2. The largest absolute Gasteiger partial charge is 0.335 e. The first kappa shape index (κ1) is 18.2. The van der Waals surface area contributed by atoms with Crippen LogP contribution in [-0.2, 0) is 26.4 Å². The molecule has 1 aliphatic rings. The van der Waals surface area contributed by atoms with Crippen LogP contribution in [0.25, 0.3) is 0 Å². The molecule has 0 spiro atoms. The fourth-order valence-corrected chi connectivity index (χ4v) is 4.60. The molecule has 130 valence electrons. The Morgan fingerprint density at radius 3 is 2.74 bits per heavy atom. The van der Waals surface area contributed by atoms with Crippen LogP contribution < -0.4 is 10.6 Å². The molecule has 2 atom stereocenters. The van der Waals surface area contributed by atoms with E-state index >= 15 is 0 Å². The molecule has 0 aromatic carbocycles. The van der Waals surface area contributed by atoms with Gasteiger partial charge in [0.15, 0.2) is 0 Å². The van der Waals surface area contributed by atoms with Gasteiger partial charge in [-0.05, 0) is 37.9 Å². The molecule has 23 heavy (non-hydrogen) atoms. The first-order valence-corrected chi connectivity index (χ1v) is 9.83. The van der Waals surface area contributed by atoms with Crippen LogP contribution in [0.1, 0.15) is 57.0 Å². The SMILES string of the molecule is CCSC1CCC(NC(=O)NCc2c(CC)nn(C)c2CC)C1. The maximum Gasteiger partial charge on any atom is 0.315 e. The van der Waals surface area contributed by atoms with Gasteiger partial charge in [0.1, 0.15) is 0 Å². The van der Waals surface area contributed by atoms with Crippen molar-refractivity contribution in [3.63, 3.8) is 0 Å². The molecule has 0 bridgehead atoms. The number of urea groups is 1. The Morgan fingerprint density at radius 2 is 2.09 bits per heavy atom. The highest BCUT2D eigenvalue weighted by Gasteiger charge is 2.25. The lowest BCUT2D eigenvalue weighted by Crippen LogP contribution is -2.41. The Hall–Kier alpha value is -1.17. The molecule has 1 aliphatic carbocycles. The first-order chi connectivity index (χ1) is 11.1. The van der Waals surface area contributed by atoms with Gasteiger partial charge in [-0.3, -0.25) is 4.68 Å². The van der Waals surface area contributed by atoms with Gasteiger partial charge >= 0.3 is 6.03 Å². The van der Waals surface area contributed by atoms with Gasteiger partial charge in [-0.15, -0.1) is 0 Å². The highest BCUT2D eigenvalue weighted by molar-refractivity contribution is 7.99. The van der Waals surface area contributed by atoms with Gasteiger partial charge in [0.25, 0.3) is 0 Å². The third-order valence-electron chi connectivity index (χ3n) is 4.58. The van der Waals surface area contributed by atoms with Crippen molar-refractivity contribution in [2.75, 3.05) is 5.75 Å². The molecule has 2 rings (SSSR count). The van der Waals surface area contributed by atoms with Crippen LogP contribution in [0.5, 0.6) is 0 Å². The van der Waals surface area contributed by atoms with E-state index in [1.807, 2.05) is 23.5 Å². The number of thioether (sulfide) groups is 1. The van der Waals surface area contributed by atoms with E-state index in [0.717, 1.165) is 37.1 Å². The second kappa shape index (κ2) is 8.62. The standard InChI is InChI=1S/C17H30N4OS/c1-5-15-14(16(6-2)21(4)20-15)11-18-17(22)19-12-8-9-13(10-12)23-7-3/h12-13H,5-11H2,1-4H3,(H2,18,19,22). The third-order valence-corrected chi connectivity index (χ3v) is 5.81. The van der Waals surface area contributed by atoms with Crippen LogP contribution in [0.3, 0.4) is 0 Å². The molecule has 0 aliphatic heterocycles. The number of amides is 2. The molecule has 1 heterocycles. The van der Waals surface area contributed by atoms with Crippen LogP contribution in [0, 0.1) is 0 Å². The summed E-state index contributed by atoms with van der Waals surface area (Å²) in [5.41, 5.74) is 3.48. The highest BCUT2D eigenvalue weighted by atomic mass is 32.2. The van der Waals surface area contributed by atoms with Gasteiger partial charge in [0, 0.05) is 36.1 Å². The number of hydrogen-bond donors (Lipinski definition) is 2. The Bertz CT molecular complexity index is 529. The van der Waals surface area contributed by atoms with E-state index in [-0.39, 0.29) is 6.03 Å². The summed E-state index contributed by atoms with van der Waals surface area (Å²) in [7, 11) is 1.98. The summed E-state index contributed by atoms with van der Waals surface area (Å²) < 4.78 is 1.94. The molecule has 0 radical (unpaired) electrons. The minimum absolute atomic E-state index is 0.0508. The molecule has 5 nitrogen and oxygen atoms in total. The summed E-state index contributed by atoms with van der Waals surface area (Å²) in [5, 5.41) is 11.4. The zero-order valence-corrected chi connectivity index (χ0v) is 15.6. The maximum absolute atomic E-state index is 12.2. The normalized spacial score (nSPS) is 20.7. The molecular formula is C17H30N4OS. The van der Waals surface area contributed by atoms with E-state index in [9.17, 15) is 4.79 Å². The molecule has 0 saturated heterocycles. The Balaban J connectivity index is 1.85. The van der Waals surface area contributed by atoms with Gasteiger partial charge < -0.3 is 10.6 Å². The lowest BCUT2D eigenvalue weighted by molar-refractivity contribution is 0.236. The Morgan fingerprint density at radius 1 is 1.30 bits per heavy atom. The predicted octanol–water partition coefficient (Wildman–Crippen LogP) is 3.02. The van der Waals surface area contributed by atoms with Crippen molar-refractivity contribution in [3.05, 3.63) is 17.0 Å². The van der Waals surface area contributed by atoms with Gasteiger partial charge in [-0.1, -0.05) is 20.8 Å².